The summed E-state index contributed by atoms with van der Waals surface area (Å²) in [6.07, 6.45) is 0. The van der Waals surface area contributed by atoms with Gasteiger partial charge in [0.25, 0.3) is 0 Å². The number of methoxy groups -OCH3 is 1. The molecule has 2 aromatic carbocycles. The summed E-state index contributed by atoms with van der Waals surface area (Å²) in [6, 6.07) is 13.6. The zero-order valence-corrected chi connectivity index (χ0v) is 17.2. The number of urea groups is 1. The quantitative estimate of drug-likeness (QED) is 0.651. The molecular weight excluding hydrogens is 354 g/mol. The third-order valence-electron chi connectivity index (χ3n) is 4.33. The van der Waals surface area contributed by atoms with E-state index >= 15 is 0 Å². The summed E-state index contributed by atoms with van der Waals surface area (Å²) in [4.78, 5) is 12.1. The number of carbonyl (C=O) groups excluding carboxylic acids is 1. The van der Waals surface area contributed by atoms with Crippen LogP contribution in [0.4, 0.5) is 4.79 Å². The van der Waals surface area contributed by atoms with Crippen LogP contribution in [0.3, 0.4) is 0 Å². The summed E-state index contributed by atoms with van der Waals surface area (Å²) >= 11 is 0. The minimum absolute atomic E-state index is 0.120. The molecule has 0 fully saturated rings. The molecule has 0 spiro atoms. The van der Waals surface area contributed by atoms with E-state index in [1.54, 1.807) is 7.11 Å². The summed E-state index contributed by atoms with van der Waals surface area (Å²) in [6.45, 7) is 8.27. The van der Waals surface area contributed by atoms with Gasteiger partial charge >= 0.3 is 6.03 Å². The molecule has 0 aliphatic heterocycles. The van der Waals surface area contributed by atoms with E-state index in [0.717, 1.165) is 11.1 Å². The first kappa shape index (κ1) is 21.6. The van der Waals surface area contributed by atoms with Crippen molar-refractivity contribution >= 4 is 6.03 Å². The van der Waals surface area contributed by atoms with Crippen LogP contribution in [-0.4, -0.2) is 26.3 Å². The average molecular weight is 386 g/mol. The smallest absolute Gasteiger partial charge is 0.315 e. The minimum Gasteiger partial charge on any atom is -0.493 e. The first-order valence-corrected chi connectivity index (χ1v) is 9.44. The van der Waals surface area contributed by atoms with Crippen LogP contribution in [0.2, 0.25) is 0 Å². The Bertz CT molecular complexity index is 768. The van der Waals surface area contributed by atoms with Crippen LogP contribution in [0, 0.1) is 0 Å². The molecule has 0 aromatic heterocycles. The Morgan fingerprint density at radius 1 is 0.964 bits per heavy atom. The highest BCUT2D eigenvalue weighted by Crippen LogP contribution is 2.28. The Morgan fingerprint density at radius 3 is 2.14 bits per heavy atom. The lowest BCUT2D eigenvalue weighted by atomic mass is 9.87. The molecule has 2 rings (SSSR count). The third-order valence-corrected chi connectivity index (χ3v) is 4.33. The summed E-state index contributed by atoms with van der Waals surface area (Å²) in [7, 11) is 1.58. The molecule has 152 valence electrons. The van der Waals surface area contributed by atoms with Crippen LogP contribution in [0.15, 0.2) is 42.5 Å². The lowest BCUT2D eigenvalue weighted by Crippen LogP contribution is -2.34. The van der Waals surface area contributed by atoms with Gasteiger partial charge in [0.15, 0.2) is 11.5 Å². The van der Waals surface area contributed by atoms with Crippen LogP contribution in [-0.2, 0) is 18.5 Å². The van der Waals surface area contributed by atoms with Crippen LogP contribution in [0.25, 0.3) is 0 Å². The Morgan fingerprint density at radius 2 is 1.57 bits per heavy atom. The summed E-state index contributed by atoms with van der Waals surface area (Å²) in [5.41, 5.74) is 8.83. The number of nitrogens with one attached hydrogen (secondary N) is 2. The molecule has 0 unspecified atom stereocenters. The molecule has 2 amide bonds. The molecule has 6 nitrogen and oxygen atoms in total. The Hall–Kier alpha value is -2.73. The monoisotopic (exact) mass is 385 g/mol. The number of hydrogen-bond donors (Lipinski definition) is 3. The van der Waals surface area contributed by atoms with Gasteiger partial charge in [0.05, 0.1) is 7.11 Å². The van der Waals surface area contributed by atoms with Gasteiger partial charge in [-0.1, -0.05) is 51.1 Å². The number of carbonyl (C=O) groups is 1. The van der Waals surface area contributed by atoms with Crippen molar-refractivity contribution in [2.75, 3.05) is 20.3 Å². The highest BCUT2D eigenvalue weighted by atomic mass is 16.5. The van der Waals surface area contributed by atoms with E-state index in [0.29, 0.717) is 37.7 Å². The maximum Gasteiger partial charge on any atom is 0.315 e. The molecule has 4 N–H and O–H groups in total. The molecule has 0 saturated heterocycles. The van der Waals surface area contributed by atoms with Crippen LogP contribution >= 0.6 is 0 Å². The number of ether oxygens (including phenoxy) is 2. The van der Waals surface area contributed by atoms with E-state index in [1.165, 1.54) is 5.56 Å². The van der Waals surface area contributed by atoms with Gasteiger partial charge in [-0.3, -0.25) is 0 Å². The Balaban J connectivity index is 1.83. The minimum atomic E-state index is -0.220. The third kappa shape index (κ3) is 6.46. The van der Waals surface area contributed by atoms with Crippen molar-refractivity contribution in [1.82, 2.24) is 10.6 Å². The van der Waals surface area contributed by atoms with E-state index in [4.69, 9.17) is 15.2 Å². The predicted octanol–water partition coefficient (Wildman–Crippen LogP) is 3.33. The molecular formula is C22H31N3O3. The number of hydrogen-bond acceptors (Lipinski definition) is 4. The largest absolute Gasteiger partial charge is 0.493 e. The molecule has 0 aliphatic rings. The normalized spacial score (nSPS) is 11.0. The van der Waals surface area contributed by atoms with Crippen molar-refractivity contribution in [3.63, 3.8) is 0 Å². The van der Waals surface area contributed by atoms with Crippen LogP contribution in [0.1, 0.15) is 37.5 Å². The SMILES string of the molecule is COc1cc(CNC(=O)NCc2ccc(C(C)(C)C)cc2)ccc1OCCN. The lowest BCUT2D eigenvalue weighted by molar-refractivity contribution is 0.240. The van der Waals surface area contributed by atoms with Gasteiger partial charge < -0.3 is 25.8 Å². The number of nitrogens with two attached hydrogens (primary N) is 1. The fourth-order valence-corrected chi connectivity index (χ4v) is 2.66. The topological polar surface area (TPSA) is 85.6 Å². The van der Waals surface area contributed by atoms with Gasteiger partial charge in [0.2, 0.25) is 0 Å². The lowest BCUT2D eigenvalue weighted by Gasteiger charge is -2.19. The molecule has 28 heavy (non-hydrogen) atoms. The van der Waals surface area contributed by atoms with Gasteiger partial charge in [0.1, 0.15) is 6.61 Å². The van der Waals surface area contributed by atoms with E-state index < -0.39 is 0 Å². The predicted molar refractivity (Wildman–Crippen MR) is 112 cm³/mol. The van der Waals surface area contributed by atoms with E-state index in [2.05, 4.69) is 43.5 Å². The molecule has 0 bridgehead atoms. The summed E-state index contributed by atoms with van der Waals surface area (Å²) in [5.74, 6) is 1.26. The van der Waals surface area contributed by atoms with Gasteiger partial charge in [-0.25, -0.2) is 4.79 Å². The average Bonchev–Trinajstić information content (AvgIpc) is 2.69. The van der Waals surface area contributed by atoms with Crippen LogP contribution < -0.4 is 25.8 Å². The number of benzene rings is 2. The standard InChI is InChI=1S/C22H31N3O3/c1-22(2,3)18-8-5-16(6-9-18)14-24-21(26)25-15-17-7-10-19(28-12-11-23)20(13-17)27-4/h5-10,13H,11-12,14-15,23H2,1-4H3,(H2,24,25,26). The zero-order valence-electron chi connectivity index (χ0n) is 17.2. The van der Waals surface area contributed by atoms with Crippen molar-refractivity contribution in [3.05, 3.63) is 59.2 Å². The second kappa shape index (κ2) is 9.99. The summed E-state index contributed by atoms with van der Waals surface area (Å²) < 4.78 is 10.9. The molecule has 6 heteroatoms. The van der Waals surface area contributed by atoms with E-state index in [9.17, 15) is 4.79 Å². The Kier molecular flexibility index (Phi) is 7.70. The molecule has 0 radical (unpaired) electrons. The highest BCUT2D eigenvalue weighted by Gasteiger charge is 2.13. The molecule has 0 heterocycles. The van der Waals surface area contributed by atoms with Crippen molar-refractivity contribution in [2.45, 2.75) is 39.3 Å². The first-order chi connectivity index (χ1) is 13.3. The molecule has 0 aliphatic carbocycles. The van der Waals surface area contributed by atoms with Gasteiger partial charge in [-0.05, 0) is 34.2 Å². The van der Waals surface area contributed by atoms with E-state index in [-0.39, 0.29) is 11.4 Å². The second-order valence-corrected chi connectivity index (χ2v) is 7.61. The first-order valence-electron chi connectivity index (χ1n) is 9.44. The second-order valence-electron chi connectivity index (χ2n) is 7.61. The van der Waals surface area contributed by atoms with Gasteiger partial charge in [-0.2, -0.15) is 0 Å². The van der Waals surface area contributed by atoms with Gasteiger partial charge in [-0.15, -0.1) is 0 Å². The number of rotatable bonds is 8. The van der Waals surface area contributed by atoms with Crippen molar-refractivity contribution in [1.29, 1.82) is 0 Å². The summed E-state index contributed by atoms with van der Waals surface area (Å²) in [5, 5.41) is 5.73. The van der Waals surface area contributed by atoms with Crippen LogP contribution in [0.5, 0.6) is 11.5 Å². The van der Waals surface area contributed by atoms with Gasteiger partial charge in [0, 0.05) is 19.6 Å². The maximum absolute atomic E-state index is 12.1. The molecule has 0 saturated carbocycles. The fourth-order valence-electron chi connectivity index (χ4n) is 2.66. The Labute approximate surface area is 167 Å². The molecule has 0 atom stereocenters. The highest BCUT2D eigenvalue weighted by molar-refractivity contribution is 5.73. The fraction of sp³-hybridized carbons (Fsp3) is 0.409. The zero-order chi connectivity index (χ0) is 20.6. The van der Waals surface area contributed by atoms with Crippen molar-refractivity contribution < 1.29 is 14.3 Å². The number of amides is 2. The molecule has 2 aromatic rings. The van der Waals surface area contributed by atoms with Crippen molar-refractivity contribution in [2.24, 2.45) is 5.73 Å². The van der Waals surface area contributed by atoms with Crippen molar-refractivity contribution in [3.8, 4) is 11.5 Å². The maximum atomic E-state index is 12.1. The van der Waals surface area contributed by atoms with E-state index in [1.807, 2.05) is 30.3 Å².